The molecule has 0 saturated heterocycles. The van der Waals surface area contributed by atoms with Crippen molar-refractivity contribution in [1.82, 2.24) is 5.06 Å². The van der Waals surface area contributed by atoms with Crippen LogP contribution in [-0.2, 0) is 0 Å². The molecule has 0 heterocycles. The Kier molecular flexibility index (Phi) is 3.62. The van der Waals surface area contributed by atoms with Gasteiger partial charge in [0.15, 0.2) is 0 Å². The third-order valence-electron chi connectivity index (χ3n) is 4.17. The van der Waals surface area contributed by atoms with E-state index in [4.69, 9.17) is 5.73 Å². The van der Waals surface area contributed by atoms with Crippen LogP contribution in [0.2, 0.25) is 0 Å². The van der Waals surface area contributed by atoms with Crippen LogP contribution in [-0.4, -0.2) is 22.3 Å². The molecule has 2 aromatic rings. The van der Waals surface area contributed by atoms with Gasteiger partial charge in [-0.2, -0.15) is 0 Å². The largest absolute Gasteiger partial charge is 0.350 e. The van der Waals surface area contributed by atoms with E-state index >= 15 is 0 Å². The number of rotatable bonds is 3. The molecular formula is C17H18N2O2. The molecule has 2 amide bonds. The topological polar surface area (TPSA) is 66.6 Å². The van der Waals surface area contributed by atoms with Crippen LogP contribution in [0, 0.1) is 0 Å². The Bertz CT molecular complexity index is 619. The molecule has 1 aliphatic rings. The van der Waals surface area contributed by atoms with Crippen LogP contribution in [0.5, 0.6) is 0 Å². The fourth-order valence-corrected chi connectivity index (χ4v) is 2.82. The molecule has 21 heavy (non-hydrogen) atoms. The first kappa shape index (κ1) is 13.6. The highest BCUT2D eigenvalue weighted by atomic mass is 16.5. The molecule has 2 aromatic carbocycles. The highest BCUT2D eigenvalue weighted by molar-refractivity contribution is 5.71. The van der Waals surface area contributed by atoms with Gasteiger partial charge < -0.3 is 5.73 Å². The van der Waals surface area contributed by atoms with Crippen LogP contribution in [0.25, 0.3) is 11.1 Å². The molecule has 0 unspecified atom stereocenters. The fraction of sp³-hybridized carbons (Fsp3) is 0.235. The molecule has 0 spiro atoms. The molecule has 1 saturated carbocycles. The predicted molar refractivity (Wildman–Crippen MR) is 80.8 cm³/mol. The van der Waals surface area contributed by atoms with Crippen molar-refractivity contribution in [2.24, 2.45) is 5.73 Å². The molecule has 3 N–H and O–H groups in total. The van der Waals surface area contributed by atoms with Crippen LogP contribution in [0.1, 0.15) is 24.3 Å². The summed E-state index contributed by atoms with van der Waals surface area (Å²) in [4.78, 5) is 10.9. The minimum atomic E-state index is -0.780. The van der Waals surface area contributed by atoms with Gasteiger partial charge in [-0.05, 0) is 35.4 Å². The number of nitrogens with zero attached hydrogens (tertiary/aromatic N) is 1. The lowest BCUT2D eigenvalue weighted by molar-refractivity contribution is -0.102. The number of carbonyl (C=O) groups is 1. The molecular weight excluding hydrogens is 264 g/mol. The number of benzene rings is 2. The highest BCUT2D eigenvalue weighted by Gasteiger charge is 2.35. The second-order valence-corrected chi connectivity index (χ2v) is 5.49. The van der Waals surface area contributed by atoms with E-state index in [1.165, 1.54) is 16.7 Å². The van der Waals surface area contributed by atoms with Gasteiger partial charge in [-0.3, -0.25) is 5.21 Å². The van der Waals surface area contributed by atoms with Crippen molar-refractivity contribution in [2.45, 2.75) is 24.8 Å². The SMILES string of the molecule is NC(=O)N(O)C1CC(c2ccc(-c3ccccc3)cc2)C1. The molecule has 1 aliphatic carbocycles. The summed E-state index contributed by atoms with van der Waals surface area (Å²) in [5, 5.41) is 10.1. The van der Waals surface area contributed by atoms with Crippen LogP contribution in [0.3, 0.4) is 0 Å². The number of carbonyl (C=O) groups excluding carboxylic acids is 1. The summed E-state index contributed by atoms with van der Waals surface area (Å²) in [5.74, 6) is 0.383. The smallest absolute Gasteiger partial charge is 0.338 e. The number of hydrogen-bond donors (Lipinski definition) is 2. The molecule has 0 aliphatic heterocycles. The van der Waals surface area contributed by atoms with Gasteiger partial charge in [-0.1, -0.05) is 54.6 Å². The van der Waals surface area contributed by atoms with E-state index in [0.29, 0.717) is 11.0 Å². The zero-order chi connectivity index (χ0) is 14.8. The van der Waals surface area contributed by atoms with Gasteiger partial charge in [-0.25, -0.2) is 9.86 Å². The maximum absolute atomic E-state index is 10.9. The number of urea groups is 1. The highest BCUT2D eigenvalue weighted by Crippen LogP contribution is 2.39. The number of amides is 2. The zero-order valence-electron chi connectivity index (χ0n) is 11.6. The lowest BCUT2D eigenvalue weighted by atomic mass is 9.75. The van der Waals surface area contributed by atoms with E-state index in [1.54, 1.807) is 0 Å². The summed E-state index contributed by atoms with van der Waals surface area (Å²) in [6.07, 6.45) is 1.51. The predicted octanol–water partition coefficient (Wildman–Crippen LogP) is 3.37. The van der Waals surface area contributed by atoms with Crippen molar-refractivity contribution in [3.05, 3.63) is 60.2 Å². The Hall–Kier alpha value is -2.33. The monoisotopic (exact) mass is 282 g/mol. The molecule has 4 nitrogen and oxygen atoms in total. The average Bonchev–Trinajstić information content (AvgIpc) is 2.47. The average molecular weight is 282 g/mol. The lowest BCUT2D eigenvalue weighted by Gasteiger charge is -2.39. The Morgan fingerprint density at radius 1 is 1.00 bits per heavy atom. The van der Waals surface area contributed by atoms with E-state index in [2.05, 4.69) is 36.4 Å². The molecule has 0 aromatic heterocycles. The van der Waals surface area contributed by atoms with E-state index in [9.17, 15) is 10.0 Å². The molecule has 1 fully saturated rings. The third-order valence-corrected chi connectivity index (χ3v) is 4.17. The van der Waals surface area contributed by atoms with E-state index in [1.807, 2.05) is 18.2 Å². The van der Waals surface area contributed by atoms with Crippen molar-refractivity contribution in [2.75, 3.05) is 0 Å². The zero-order valence-corrected chi connectivity index (χ0v) is 11.6. The van der Waals surface area contributed by atoms with E-state index in [0.717, 1.165) is 12.8 Å². The van der Waals surface area contributed by atoms with Crippen molar-refractivity contribution in [3.8, 4) is 11.1 Å². The second-order valence-electron chi connectivity index (χ2n) is 5.49. The Labute approximate surface area is 123 Å². The minimum Gasteiger partial charge on any atom is -0.350 e. The first-order valence-electron chi connectivity index (χ1n) is 7.08. The van der Waals surface area contributed by atoms with Gasteiger partial charge in [0.2, 0.25) is 0 Å². The van der Waals surface area contributed by atoms with Gasteiger partial charge in [0.1, 0.15) is 0 Å². The quantitative estimate of drug-likeness (QED) is 0.669. The Morgan fingerprint density at radius 3 is 2.14 bits per heavy atom. The molecule has 0 radical (unpaired) electrons. The lowest BCUT2D eigenvalue weighted by Crippen LogP contribution is -2.47. The second kappa shape index (κ2) is 5.58. The Balaban J connectivity index is 1.66. The van der Waals surface area contributed by atoms with Crippen LogP contribution in [0.15, 0.2) is 54.6 Å². The van der Waals surface area contributed by atoms with Crippen LogP contribution >= 0.6 is 0 Å². The first-order chi connectivity index (χ1) is 10.1. The number of primary amides is 1. The fourth-order valence-electron chi connectivity index (χ4n) is 2.82. The van der Waals surface area contributed by atoms with Gasteiger partial charge in [0.25, 0.3) is 0 Å². The van der Waals surface area contributed by atoms with Crippen molar-refractivity contribution >= 4 is 6.03 Å². The maximum atomic E-state index is 10.9. The maximum Gasteiger partial charge on any atom is 0.338 e. The number of nitrogens with two attached hydrogens (primary N) is 1. The molecule has 3 rings (SSSR count). The first-order valence-corrected chi connectivity index (χ1v) is 7.08. The molecule has 0 bridgehead atoms. The van der Waals surface area contributed by atoms with Crippen molar-refractivity contribution < 1.29 is 10.0 Å². The van der Waals surface area contributed by atoms with Crippen molar-refractivity contribution in [3.63, 3.8) is 0 Å². The van der Waals surface area contributed by atoms with Gasteiger partial charge in [-0.15, -0.1) is 0 Å². The van der Waals surface area contributed by atoms with E-state index < -0.39 is 6.03 Å². The van der Waals surface area contributed by atoms with Gasteiger partial charge in [0, 0.05) is 0 Å². The number of hydroxylamine groups is 2. The normalized spacial score (nSPS) is 20.6. The minimum absolute atomic E-state index is 0.152. The standard InChI is InChI=1S/C17H18N2O2/c18-17(20)19(21)16-10-15(11-16)14-8-6-13(7-9-14)12-4-2-1-3-5-12/h1-9,15-16,21H,10-11H2,(H2,18,20). The van der Waals surface area contributed by atoms with Crippen LogP contribution in [0.4, 0.5) is 4.79 Å². The molecule has 0 atom stereocenters. The van der Waals surface area contributed by atoms with Gasteiger partial charge in [0.05, 0.1) is 6.04 Å². The number of hydrogen-bond acceptors (Lipinski definition) is 2. The Morgan fingerprint density at radius 2 is 1.57 bits per heavy atom. The van der Waals surface area contributed by atoms with Crippen LogP contribution < -0.4 is 5.73 Å². The third kappa shape index (κ3) is 2.76. The van der Waals surface area contributed by atoms with Crippen molar-refractivity contribution in [1.29, 1.82) is 0 Å². The summed E-state index contributed by atoms with van der Waals surface area (Å²) in [6, 6.07) is 17.8. The summed E-state index contributed by atoms with van der Waals surface area (Å²) < 4.78 is 0. The molecule has 4 heteroatoms. The summed E-state index contributed by atoms with van der Waals surface area (Å²) in [5.41, 5.74) is 8.68. The summed E-state index contributed by atoms with van der Waals surface area (Å²) in [7, 11) is 0. The summed E-state index contributed by atoms with van der Waals surface area (Å²) in [6.45, 7) is 0. The molecule has 108 valence electrons. The summed E-state index contributed by atoms with van der Waals surface area (Å²) >= 11 is 0. The van der Waals surface area contributed by atoms with E-state index in [-0.39, 0.29) is 6.04 Å². The van der Waals surface area contributed by atoms with Gasteiger partial charge >= 0.3 is 6.03 Å².